The van der Waals surface area contributed by atoms with Crippen LogP contribution in [0.1, 0.15) is 56.5 Å². The first-order valence-electron chi connectivity index (χ1n) is 10.7. The Labute approximate surface area is 182 Å². The van der Waals surface area contributed by atoms with E-state index in [0.717, 1.165) is 36.3 Å². The van der Waals surface area contributed by atoms with Crippen molar-refractivity contribution in [3.8, 4) is 17.1 Å². The lowest BCUT2D eigenvalue weighted by Crippen LogP contribution is -2.41. The number of anilines is 1. The number of hydrogen-bond acceptors (Lipinski definition) is 5. The summed E-state index contributed by atoms with van der Waals surface area (Å²) < 4.78 is 10.8. The Morgan fingerprint density at radius 1 is 1.13 bits per heavy atom. The summed E-state index contributed by atoms with van der Waals surface area (Å²) in [6.07, 6.45) is 2.76. The molecule has 4 rings (SSSR count). The Morgan fingerprint density at radius 3 is 2.55 bits per heavy atom. The van der Waals surface area contributed by atoms with Gasteiger partial charge in [-0.05, 0) is 67.1 Å². The zero-order valence-corrected chi connectivity index (χ0v) is 18.2. The van der Waals surface area contributed by atoms with Gasteiger partial charge in [0.2, 0.25) is 11.7 Å². The Hall–Kier alpha value is -3.35. The Balaban J connectivity index is 1.49. The van der Waals surface area contributed by atoms with Crippen molar-refractivity contribution in [3.05, 3.63) is 60.0 Å². The molecule has 0 bridgehead atoms. The molecule has 2 aromatic carbocycles. The third-order valence-corrected chi connectivity index (χ3v) is 5.67. The van der Waals surface area contributed by atoms with Crippen LogP contribution in [0.5, 0.6) is 5.75 Å². The van der Waals surface area contributed by atoms with E-state index in [1.165, 1.54) is 5.56 Å². The number of ether oxygens (including phenoxy) is 1. The van der Waals surface area contributed by atoms with Gasteiger partial charge in [-0.3, -0.25) is 0 Å². The summed E-state index contributed by atoms with van der Waals surface area (Å²) >= 11 is 0. The van der Waals surface area contributed by atoms with E-state index < -0.39 is 0 Å². The first-order chi connectivity index (χ1) is 15.0. The summed E-state index contributed by atoms with van der Waals surface area (Å²) in [7, 11) is 1.63. The van der Waals surface area contributed by atoms with Gasteiger partial charge in [-0.2, -0.15) is 4.98 Å². The normalized spacial score (nSPS) is 16.4. The van der Waals surface area contributed by atoms with Crippen molar-refractivity contribution in [2.75, 3.05) is 19.0 Å². The minimum absolute atomic E-state index is 0.147. The highest BCUT2D eigenvalue weighted by atomic mass is 16.5. The van der Waals surface area contributed by atoms with Gasteiger partial charge in [0.1, 0.15) is 11.8 Å². The van der Waals surface area contributed by atoms with Crippen molar-refractivity contribution < 1.29 is 14.1 Å². The van der Waals surface area contributed by atoms with Gasteiger partial charge in [-0.15, -0.1) is 0 Å². The lowest BCUT2D eigenvalue weighted by Gasteiger charge is -2.33. The number of aromatic nitrogens is 2. The van der Waals surface area contributed by atoms with Crippen molar-refractivity contribution in [1.29, 1.82) is 0 Å². The van der Waals surface area contributed by atoms with Crippen molar-refractivity contribution in [1.82, 2.24) is 15.0 Å². The summed E-state index contributed by atoms with van der Waals surface area (Å²) in [6.45, 7) is 4.95. The third kappa shape index (κ3) is 4.71. The van der Waals surface area contributed by atoms with Crippen LogP contribution in [0.4, 0.5) is 10.5 Å². The molecule has 2 heterocycles. The van der Waals surface area contributed by atoms with Crippen molar-refractivity contribution in [2.45, 2.75) is 45.1 Å². The molecule has 1 aliphatic heterocycles. The maximum Gasteiger partial charge on any atom is 0.322 e. The van der Waals surface area contributed by atoms with Crippen LogP contribution in [0, 0.1) is 0 Å². The van der Waals surface area contributed by atoms with E-state index in [9.17, 15) is 4.79 Å². The fraction of sp³-hybridized carbons (Fsp3) is 0.375. The number of urea groups is 1. The van der Waals surface area contributed by atoms with E-state index in [1.807, 2.05) is 48.5 Å². The van der Waals surface area contributed by atoms with Gasteiger partial charge in [0.05, 0.1) is 7.11 Å². The summed E-state index contributed by atoms with van der Waals surface area (Å²) in [4.78, 5) is 19.4. The van der Waals surface area contributed by atoms with Crippen molar-refractivity contribution >= 4 is 11.7 Å². The SMILES string of the molecule is COc1ccc(-c2noc([C@H]3CCCCN3C(=O)Nc3ccc(C(C)C)cc3)n2)cc1. The number of likely N-dealkylation sites (tertiary alicyclic amines) is 1. The zero-order chi connectivity index (χ0) is 21.8. The molecule has 1 N–H and O–H groups in total. The fourth-order valence-corrected chi connectivity index (χ4v) is 3.81. The summed E-state index contributed by atoms with van der Waals surface area (Å²) in [6, 6.07) is 15.1. The molecule has 7 heteroatoms. The Kier molecular flexibility index (Phi) is 6.21. The molecular weight excluding hydrogens is 392 g/mol. The second kappa shape index (κ2) is 9.20. The van der Waals surface area contributed by atoms with E-state index in [-0.39, 0.29) is 12.1 Å². The van der Waals surface area contributed by atoms with Crippen LogP contribution < -0.4 is 10.1 Å². The lowest BCUT2D eigenvalue weighted by molar-refractivity contribution is 0.142. The Bertz CT molecular complexity index is 1010. The standard InChI is InChI=1S/C24H28N4O3/c1-16(2)17-7-11-19(12-8-17)25-24(29)28-15-5-4-6-21(28)23-26-22(27-31-23)18-9-13-20(30-3)14-10-18/h7-14,16,21H,4-6,15H2,1-3H3,(H,25,29)/t21-/m1/s1. The number of nitrogens with zero attached hydrogens (tertiary/aromatic N) is 3. The molecule has 1 saturated heterocycles. The van der Waals surface area contributed by atoms with Crippen LogP contribution in [0.3, 0.4) is 0 Å². The van der Waals surface area contributed by atoms with Crippen LogP contribution in [0.25, 0.3) is 11.4 Å². The number of piperidine rings is 1. The van der Waals surface area contributed by atoms with Gasteiger partial charge >= 0.3 is 6.03 Å². The predicted molar refractivity (Wildman–Crippen MR) is 119 cm³/mol. The highest BCUT2D eigenvalue weighted by molar-refractivity contribution is 5.89. The largest absolute Gasteiger partial charge is 0.497 e. The lowest BCUT2D eigenvalue weighted by atomic mass is 10.0. The highest BCUT2D eigenvalue weighted by Gasteiger charge is 2.32. The summed E-state index contributed by atoms with van der Waals surface area (Å²) in [5, 5.41) is 7.15. The van der Waals surface area contributed by atoms with Crippen LogP contribution in [0.15, 0.2) is 53.1 Å². The molecule has 0 spiro atoms. The molecule has 0 radical (unpaired) electrons. The first-order valence-corrected chi connectivity index (χ1v) is 10.7. The number of methoxy groups -OCH3 is 1. The molecule has 31 heavy (non-hydrogen) atoms. The maximum absolute atomic E-state index is 13.0. The molecule has 1 aromatic heterocycles. The smallest absolute Gasteiger partial charge is 0.322 e. The number of hydrogen-bond donors (Lipinski definition) is 1. The maximum atomic E-state index is 13.0. The van der Waals surface area contributed by atoms with Gasteiger partial charge in [-0.25, -0.2) is 4.79 Å². The average Bonchev–Trinajstić information content (AvgIpc) is 3.29. The fourth-order valence-electron chi connectivity index (χ4n) is 3.81. The number of nitrogens with one attached hydrogen (secondary N) is 1. The predicted octanol–water partition coefficient (Wildman–Crippen LogP) is 5.63. The quantitative estimate of drug-likeness (QED) is 0.579. The van der Waals surface area contributed by atoms with Gasteiger partial charge in [0, 0.05) is 17.8 Å². The van der Waals surface area contributed by atoms with E-state index in [4.69, 9.17) is 9.26 Å². The van der Waals surface area contributed by atoms with Crippen molar-refractivity contribution in [3.63, 3.8) is 0 Å². The van der Waals surface area contributed by atoms with E-state index in [2.05, 4.69) is 29.3 Å². The zero-order valence-electron chi connectivity index (χ0n) is 18.2. The molecule has 2 amide bonds. The first kappa shape index (κ1) is 20.9. The summed E-state index contributed by atoms with van der Waals surface area (Å²) in [5.74, 6) is 2.20. The highest BCUT2D eigenvalue weighted by Crippen LogP contribution is 2.32. The molecule has 7 nitrogen and oxygen atoms in total. The molecule has 0 aliphatic carbocycles. The van der Waals surface area contributed by atoms with Crippen LogP contribution in [-0.4, -0.2) is 34.7 Å². The van der Waals surface area contributed by atoms with Crippen molar-refractivity contribution in [2.24, 2.45) is 0 Å². The minimum Gasteiger partial charge on any atom is -0.497 e. The second-order valence-electron chi connectivity index (χ2n) is 8.10. The van der Waals surface area contributed by atoms with Crippen LogP contribution in [-0.2, 0) is 0 Å². The molecule has 1 fully saturated rings. The molecular formula is C24H28N4O3. The third-order valence-electron chi connectivity index (χ3n) is 5.67. The molecule has 3 aromatic rings. The van der Waals surface area contributed by atoms with E-state index in [0.29, 0.717) is 24.2 Å². The average molecular weight is 421 g/mol. The number of rotatable bonds is 5. The molecule has 0 saturated carbocycles. The van der Waals surface area contributed by atoms with Gasteiger partial charge < -0.3 is 19.5 Å². The van der Waals surface area contributed by atoms with Gasteiger partial charge in [-0.1, -0.05) is 31.1 Å². The van der Waals surface area contributed by atoms with Gasteiger partial charge in [0.25, 0.3) is 0 Å². The monoisotopic (exact) mass is 420 g/mol. The number of benzene rings is 2. The van der Waals surface area contributed by atoms with E-state index in [1.54, 1.807) is 12.0 Å². The summed E-state index contributed by atoms with van der Waals surface area (Å²) in [5.41, 5.74) is 2.86. The number of carbonyl (C=O) groups excluding carboxylic acids is 1. The second-order valence-corrected chi connectivity index (χ2v) is 8.10. The van der Waals surface area contributed by atoms with Crippen LogP contribution >= 0.6 is 0 Å². The molecule has 0 unspecified atom stereocenters. The number of amides is 2. The molecule has 162 valence electrons. The number of carbonyl (C=O) groups is 1. The topological polar surface area (TPSA) is 80.5 Å². The molecule has 1 aliphatic rings. The van der Waals surface area contributed by atoms with Crippen LogP contribution in [0.2, 0.25) is 0 Å². The molecule has 1 atom stereocenters. The minimum atomic E-state index is -0.233. The Morgan fingerprint density at radius 2 is 1.87 bits per heavy atom. The van der Waals surface area contributed by atoms with Gasteiger partial charge in [0.15, 0.2) is 0 Å². The van der Waals surface area contributed by atoms with E-state index >= 15 is 0 Å².